The standard InChI is InChI=1S/C11H14BrN3/c1-3-8(2)6-10-11-5-4-9(12)7-15(11)14-13-10/h4-5,7-8H,3,6H2,1-2H3/t8-/m0/s1. The van der Waals surface area contributed by atoms with Gasteiger partial charge in [-0.25, -0.2) is 4.52 Å². The number of hydrogen-bond donors (Lipinski definition) is 0. The molecule has 0 aliphatic rings. The lowest BCUT2D eigenvalue weighted by Gasteiger charge is -2.04. The van der Waals surface area contributed by atoms with Crippen LogP contribution in [0.4, 0.5) is 0 Å². The average molecular weight is 268 g/mol. The summed E-state index contributed by atoms with van der Waals surface area (Å²) in [6.07, 6.45) is 4.11. The van der Waals surface area contributed by atoms with E-state index in [0.717, 1.165) is 22.1 Å². The first-order valence-electron chi connectivity index (χ1n) is 5.20. The van der Waals surface area contributed by atoms with Crippen LogP contribution in [0.5, 0.6) is 0 Å². The Kier molecular flexibility index (Phi) is 3.05. The number of pyridine rings is 1. The highest BCUT2D eigenvalue weighted by molar-refractivity contribution is 9.10. The number of rotatable bonds is 3. The van der Waals surface area contributed by atoms with Gasteiger partial charge in [0.1, 0.15) is 0 Å². The molecule has 2 heterocycles. The molecule has 80 valence electrons. The molecule has 4 heteroatoms. The third-order valence-electron chi connectivity index (χ3n) is 2.69. The lowest BCUT2D eigenvalue weighted by molar-refractivity contribution is 0.553. The van der Waals surface area contributed by atoms with E-state index in [1.54, 1.807) is 0 Å². The molecule has 0 aliphatic carbocycles. The molecule has 0 radical (unpaired) electrons. The number of aromatic nitrogens is 3. The van der Waals surface area contributed by atoms with E-state index in [1.807, 2.05) is 16.8 Å². The molecule has 0 saturated carbocycles. The van der Waals surface area contributed by atoms with E-state index in [0.29, 0.717) is 5.92 Å². The van der Waals surface area contributed by atoms with Gasteiger partial charge in [-0.2, -0.15) is 0 Å². The fourth-order valence-electron chi connectivity index (χ4n) is 1.54. The molecule has 1 atom stereocenters. The summed E-state index contributed by atoms with van der Waals surface area (Å²) in [7, 11) is 0. The second-order valence-electron chi connectivity index (χ2n) is 3.93. The molecule has 0 unspecified atom stereocenters. The van der Waals surface area contributed by atoms with Gasteiger partial charge in [0.2, 0.25) is 0 Å². The van der Waals surface area contributed by atoms with Crippen LogP contribution in [0.25, 0.3) is 5.52 Å². The molecule has 0 bridgehead atoms. The van der Waals surface area contributed by atoms with E-state index in [4.69, 9.17) is 0 Å². The second kappa shape index (κ2) is 4.31. The zero-order chi connectivity index (χ0) is 10.8. The van der Waals surface area contributed by atoms with E-state index in [1.165, 1.54) is 6.42 Å². The smallest absolute Gasteiger partial charge is 0.0907 e. The normalized spacial score (nSPS) is 13.3. The number of nitrogens with zero attached hydrogens (tertiary/aromatic N) is 3. The van der Waals surface area contributed by atoms with Gasteiger partial charge < -0.3 is 0 Å². The van der Waals surface area contributed by atoms with Crippen LogP contribution in [0.2, 0.25) is 0 Å². The van der Waals surface area contributed by atoms with Gasteiger partial charge in [0, 0.05) is 10.7 Å². The van der Waals surface area contributed by atoms with Gasteiger partial charge >= 0.3 is 0 Å². The van der Waals surface area contributed by atoms with Crippen LogP contribution in [-0.4, -0.2) is 14.8 Å². The van der Waals surface area contributed by atoms with E-state index >= 15 is 0 Å². The number of fused-ring (bicyclic) bond motifs is 1. The van der Waals surface area contributed by atoms with Crippen molar-refractivity contribution in [2.75, 3.05) is 0 Å². The van der Waals surface area contributed by atoms with Crippen molar-refractivity contribution in [2.24, 2.45) is 5.92 Å². The zero-order valence-corrected chi connectivity index (χ0v) is 10.5. The van der Waals surface area contributed by atoms with Crippen molar-refractivity contribution in [3.8, 4) is 0 Å². The molecular formula is C11H14BrN3. The van der Waals surface area contributed by atoms with Crippen LogP contribution >= 0.6 is 15.9 Å². The van der Waals surface area contributed by atoms with E-state index in [-0.39, 0.29) is 0 Å². The van der Waals surface area contributed by atoms with Gasteiger partial charge in [-0.3, -0.25) is 0 Å². The summed E-state index contributed by atoms with van der Waals surface area (Å²) in [5.74, 6) is 0.661. The third kappa shape index (κ3) is 2.20. The van der Waals surface area contributed by atoms with Crippen LogP contribution in [0.1, 0.15) is 26.0 Å². The molecule has 2 aromatic rings. The predicted octanol–water partition coefficient (Wildman–Crippen LogP) is 3.08. The summed E-state index contributed by atoms with van der Waals surface area (Å²) < 4.78 is 2.84. The van der Waals surface area contributed by atoms with Crippen molar-refractivity contribution in [3.05, 3.63) is 28.5 Å². The Morgan fingerprint density at radius 1 is 1.47 bits per heavy atom. The van der Waals surface area contributed by atoms with Crippen molar-refractivity contribution in [2.45, 2.75) is 26.7 Å². The molecule has 0 fully saturated rings. The predicted molar refractivity (Wildman–Crippen MR) is 63.8 cm³/mol. The molecule has 0 N–H and O–H groups in total. The van der Waals surface area contributed by atoms with Gasteiger partial charge in [0.15, 0.2) is 0 Å². The molecule has 0 aliphatic heterocycles. The lowest BCUT2D eigenvalue weighted by Crippen LogP contribution is -1.98. The summed E-state index contributed by atoms with van der Waals surface area (Å²) >= 11 is 3.42. The van der Waals surface area contributed by atoms with Gasteiger partial charge in [-0.15, -0.1) is 5.10 Å². The second-order valence-corrected chi connectivity index (χ2v) is 4.85. The molecule has 3 nitrogen and oxygen atoms in total. The Morgan fingerprint density at radius 3 is 3.00 bits per heavy atom. The maximum atomic E-state index is 4.22. The maximum absolute atomic E-state index is 4.22. The van der Waals surface area contributed by atoms with Gasteiger partial charge in [0.05, 0.1) is 11.2 Å². The molecule has 2 rings (SSSR count). The first kappa shape index (κ1) is 10.6. The summed E-state index contributed by atoms with van der Waals surface area (Å²) in [6, 6.07) is 4.08. The van der Waals surface area contributed by atoms with Crippen molar-refractivity contribution < 1.29 is 0 Å². The largest absolute Gasteiger partial charge is 0.219 e. The monoisotopic (exact) mass is 267 g/mol. The van der Waals surface area contributed by atoms with Crippen molar-refractivity contribution in [1.82, 2.24) is 14.8 Å². The van der Waals surface area contributed by atoms with Crippen LogP contribution < -0.4 is 0 Å². The van der Waals surface area contributed by atoms with E-state index < -0.39 is 0 Å². The molecule has 0 saturated heterocycles. The van der Waals surface area contributed by atoms with E-state index in [9.17, 15) is 0 Å². The highest BCUT2D eigenvalue weighted by atomic mass is 79.9. The molecule has 0 spiro atoms. The number of halogens is 1. The van der Waals surface area contributed by atoms with Gasteiger partial charge in [-0.1, -0.05) is 25.5 Å². The van der Waals surface area contributed by atoms with Crippen LogP contribution in [0.15, 0.2) is 22.8 Å². The lowest BCUT2D eigenvalue weighted by atomic mass is 10.0. The summed E-state index contributed by atoms with van der Waals surface area (Å²) in [4.78, 5) is 0. The highest BCUT2D eigenvalue weighted by Crippen LogP contribution is 2.17. The van der Waals surface area contributed by atoms with Crippen molar-refractivity contribution in [3.63, 3.8) is 0 Å². The van der Waals surface area contributed by atoms with Crippen molar-refractivity contribution >= 4 is 21.4 Å². The first-order chi connectivity index (χ1) is 7.20. The maximum Gasteiger partial charge on any atom is 0.0907 e. The first-order valence-corrected chi connectivity index (χ1v) is 5.99. The Labute approximate surface area is 97.6 Å². The van der Waals surface area contributed by atoms with Crippen molar-refractivity contribution in [1.29, 1.82) is 0 Å². The minimum atomic E-state index is 0.661. The van der Waals surface area contributed by atoms with E-state index in [2.05, 4.69) is 46.2 Å². The van der Waals surface area contributed by atoms with Gasteiger partial charge in [0.25, 0.3) is 0 Å². The molecule has 2 aromatic heterocycles. The quantitative estimate of drug-likeness (QED) is 0.856. The highest BCUT2D eigenvalue weighted by Gasteiger charge is 2.09. The fraction of sp³-hybridized carbons (Fsp3) is 0.455. The molecular weight excluding hydrogens is 254 g/mol. The Morgan fingerprint density at radius 2 is 2.27 bits per heavy atom. The molecule has 15 heavy (non-hydrogen) atoms. The Bertz CT molecular complexity index is 464. The average Bonchev–Trinajstić information content (AvgIpc) is 2.60. The Balaban J connectivity index is 2.36. The van der Waals surface area contributed by atoms with Crippen LogP contribution in [0, 0.1) is 5.92 Å². The SMILES string of the molecule is CC[C@H](C)Cc1nnn2cc(Br)ccc12. The third-order valence-corrected chi connectivity index (χ3v) is 3.16. The topological polar surface area (TPSA) is 30.2 Å². The molecule has 0 aromatic carbocycles. The van der Waals surface area contributed by atoms with Crippen LogP contribution in [-0.2, 0) is 6.42 Å². The fourth-order valence-corrected chi connectivity index (χ4v) is 1.87. The minimum Gasteiger partial charge on any atom is -0.219 e. The summed E-state index contributed by atoms with van der Waals surface area (Å²) in [5, 5.41) is 8.32. The molecule has 0 amide bonds. The summed E-state index contributed by atoms with van der Waals surface area (Å²) in [5.41, 5.74) is 2.20. The van der Waals surface area contributed by atoms with Gasteiger partial charge in [-0.05, 0) is 40.4 Å². The summed E-state index contributed by atoms with van der Waals surface area (Å²) in [6.45, 7) is 4.44. The number of hydrogen-bond acceptors (Lipinski definition) is 2. The van der Waals surface area contributed by atoms with Crippen LogP contribution in [0.3, 0.4) is 0 Å². The Hall–Kier alpha value is -0.900. The minimum absolute atomic E-state index is 0.661. The zero-order valence-electron chi connectivity index (χ0n) is 8.94.